The number of aromatic nitrogens is 1. The van der Waals surface area contributed by atoms with E-state index in [1.807, 2.05) is 81.4 Å². The first-order chi connectivity index (χ1) is 31.6. The van der Waals surface area contributed by atoms with Crippen molar-refractivity contribution in [2.75, 3.05) is 20.2 Å². The second-order valence-corrected chi connectivity index (χ2v) is 19.9. The van der Waals surface area contributed by atoms with Gasteiger partial charge in [0, 0.05) is 24.0 Å². The SMILES string of the molecule is COC(=O)C[C@@H](NC(=O)[C@@H](NC(=O)[C@@H](/N=C1\NCC(=O)N[C@@H](CCNC(=O)OCc2ccccc2)C(=O)N[C@@H](C(C)C)C(=O)N[C@H]1C(C)(C)C)C(C)(C)C)[C@@H](C)c1ccccc1)c1nccs1. The molecule has 2 heterocycles. The molecule has 0 spiro atoms. The van der Waals surface area contributed by atoms with Gasteiger partial charge in [0.05, 0.1) is 32.2 Å². The number of nitrogens with zero attached hydrogens (tertiary/aromatic N) is 2. The third-order valence-corrected chi connectivity index (χ3v) is 12.0. The Hall–Kier alpha value is -6.37. The summed E-state index contributed by atoms with van der Waals surface area (Å²) in [6, 6.07) is 11.9. The lowest BCUT2D eigenvalue weighted by molar-refractivity contribution is -0.141. The fraction of sp³-hybridized carbons (Fsp3) is 0.521. The number of methoxy groups -OCH3 is 1. The van der Waals surface area contributed by atoms with Crippen LogP contribution in [0.4, 0.5) is 4.79 Å². The molecule has 1 aromatic heterocycles. The van der Waals surface area contributed by atoms with E-state index >= 15 is 0 Å². The number of amidine groups is 1. The third kappa shape index (κ3) is 16.2. The first-order valence-corrected chi connectivity index (χ1v) is 23.2. The van der Waals surface area contributed by atoms with Crippen LogP contribution in [0.25, 0.3) is 0 Å². The van der Waals surface area contributed by atoms with Gasteiger partial charge in [0.15, 0.2) is 0 Å². The van der Waals surface area contributed by atoms with Crippen molar-refractivity contribution in [2.45, 2.75) is 124 Å². The maximum absolute atomic E-state index is 14.8. The van der Waals surface area contributed by atoms with Crippen LogP contribution in [0, 0.1) is 16.7 Å². The molecule has 6 amide bonds. The highest BCUT2D eigenvalue weighted by atomic mass is 32.1. The molecular weight excluding hydrogens is 879 g/mol. The highest BCUT2D eigenvalue weighted by Gasteiger charge is 2.41. The minimum Gasteiger partial charge on any atom is -0.469 e. The van der Waals surface area contributed by atoms with Crippen LogP contribution in [-0.4, -0.2) is 103 Å². The molecule has 3 aromatic rings. The lowest BCUT2D eigenvalue weighted by Crippen LogP contribution is -2.63. The minimum absolute atomic E-state index is 0.0360. The van der Waals surface area contributed by atoms with E-state index in [1.54, 1.807) is 53.1 Å². The number of ether oxygens (including phenoxy) is 2. The molecule has 0 saturated carbocycles. The number of benzene rings is 2. The molecule has 0 unspecified atom stereocenters. The Balaban J connectivity index is 1.68. The Bertz CT molecular complexity index is 2170. The first kappa shape index (κ1) is 53.2. The number of rotatable bonds is 16. The van der Waals surface area contributed by atoms with Crippen LogP contribution >= 0.6 is 11.3 Å². The summed E-state index contributed by atoms with van der Waals surface area (Å²) in [7, 11) is 1.25. The first-order valence-electron chi connectivity index (χ1n) is 22.4. The molecule has 7 N–H and O–H groups in total. The summed E-state index contributed by atoms with van der Waals surface area (Å²) in [5, 5.41) is 22.4. The van der Waals surface area contributed by atoms with E-state index in [2.05, 4.69) is 42.2 Å². The normalized spacial score (nSPS) is 19.7. The number of hydrogen-bond donors (Lipinski definition) is 7. The maximum Gasteiger partial charge on any atom is 0.407 e. The van der Waals surface area contributed by atoms with Crippen LogP contribution in [0.3, 0.4) is 0 Å². The molecule has 7 atom stereocenters. The average molecular weight is 946 g/mol. The highest BCUT2D eigenvalue weighted by Crippen LogP contribution is 2.28. The second-order valence-electron chi connectivity index (χ2n) is 19.0. The fourth-order valence-electron chi connectivity index (χ4n) is 7.22. The van der Waals surface area contributed by atoms with Gasteiger partial charge in [-0.3, -0.25) is 33.8 Å². The van der Waals surface area contributed by atoms with Crippen molar-refractivity contribution in [2.24, 2.45) is 21.7 Å². The molecule has 4 rings (SSSR count). The predicted octanol–water partition coefficient (Wildman–Crippen LogP) is 4.04. The molecule has 19 heteroatoms. The third-order valence-electron chi connectivity index (χ3n) is 11.1. The van der Waals surface area contributed by atoms with Crippen molar-refractivity contribution in [1.29, 1.82) is 0 Å². The quantitative estimate of drug-likeness (QED) is 0.101. The van der Waals surface area contributed by atoms with Crippen LogP contribution in [0.1, 0.15) is 103 Å². The van der Waals surface area contributed by atoms with Gasteiger partial charge in [0.25, 0.3) is 0 Å². The van der Waals surface area contributed by atoms with Crippen molar-refractivity contribution < 1.29 is 43.0 Å². The lowest BCUT2D eigenvalue weighted by Gasteiger charge is -2.37. The Morgan fingerprint density at radius 3 is 2.10 bits per heavy atom. The zero-order valence-corrected chi connectivity index (χ0v) is 40.9. The van der Waals surface area contributed by atoms with Crippen molar-refractivity contribution in [1.82, 2.24) is 42.2 Å². The maximum atomic E-state index is 14.8. The minimum atomic E-state index is -1.21. The van der Waals surface area contributed by atoms with E-state index in [0.717, 1.165) is 11.1 Å². The summed E-state index contributed by atoms with van der Waals surface area (Å²) in [6.07, 6.45) is 0.617. The van der Waals surface area contributed by atoms with E-state index in [1.165, 1.54) is 18.4 Å². The van der Waals surface area contributed by atoms with Crippen molar-refractivity contribution in [3.05, 3.63) is 88.4 Å². The van der Waals surface area contributed by atoms with Crippen molar-refractivity contribution in [3.63, 3.8) is 0 Å². The molecule has 2 aromatic carbocycles. The standard InChI is InChI=1S/C48H67N9O9S/c1-28(2)36-42(61)57-38(47(4,5)6)40(51-26-34(58)52-32(41(60)54-36)21-22-50-46(64)66-27-30-17-13-11-14-18-30)56-39(48(7,8)9)44(63)55-37(29(3)31-19-15-12-16-20-31)43(62)53-33(25-35(59)65-10)45-49-23-24-67-45/h11-20,23-24,28-29,32-33,36-39H,21-22,25-27H2,1-10H3,(H,50,64)(H,51,56)(H,52,58)(H,53,62)(H,54,60)(H,55,63)(H,57,61)/t29-,32-,33+,36-,37-,38+,39+/m0/s1. The van der Waals surface area contributed by atoms with Gasteiger partial charge >= 0.3 is 12.1 Å². The Kier molecular flexibility index (Phi) is 19.4. The lowest BCUT2D eigenvalue weighted by atomic mass is 9.83. The topological polar surface area (TPSA) is 247 Å². The van der Waals surface area contributed by atoms with Gasteiger partial charge in [0.2, 0.25) is 29.5 Å². The van der Waals surface area contributed by atoms with Crippen LogP contribution in [0.5, 0.6) is 0 Å². The van der Waals surface area contributed by atoms with E-state index in [0.29, 0.717) is 5.01 Å². The number of thiazole rings is 1. The van der Waals surface area contributed by atoms with Gasteiger partial charge in [0.1, 0.15) is 41.6 Å². The second kappa shape index (κ2) is 24.4. The van der Waals surface area contributed by atoms with Crippen LogP contribution in [0.15, 0.2) is 77.2 Å². The van der Waals surface area contributed by atoms with E-state index in [4.69, 9.17) is 14.5 Å². The van der Waals surface area contributed by atoms with Crippen LogP contribution < -0.4 is 37.2 Å². The molecular formula is C48H67N9O9S. The summed E-state index contributed by atoms with van der Waals surface area (Å²) in [5.41, 5.74) is -0.131. The van der Waals surface area contributed by atoms with Crippen molar-refractivity contribution >= 4 is 58.8 Å². The number of hydrogen-bond acceptors (Lipinski definition) is 12. The summed E-state index contributed by atoms with van der Waals surface area (Å²) < 4.78 is 10.2. The number of alkyl carbamates (subject to hydrolysis) is 1. The number of nitrogens with one attached hydrogen (secondary N) is 7. The molecule has 0 bridgehead atoms. The molecule has 18 nitrogen and oxygen atoms in total. The van der Waals surface area contributed by atoms with Gasteiger partial charge < -0.3 is 46.7 Å². The van der Waals surface area contributed by atoms with E-state index in [9.17, 15) is 33.6 Å². The predicted molar refractivity (Wildman–Crippen MR) is 254 cm³/mol. The van der Waals surface area contributed by atoms with Crippen molar-refractivity contribution in [3.8, 4) is 0 Å². The molecule has 1 aliphatic rings. The van der Waals surface area contributed by atoms with E-state index in [-0.39, 0.29) is 31.8 Å². The molecule has 67 heavy (non-hydrogen) atoms. The molecule has 0 aliphatic carbocycles. The average Bonchev–Trinajstić information content (AvgIpc) is 3.82. The molecule has 1 aliphatic heterocycles. The largest absolute Gasteiger partial charge is 0.469 e. The Morgan fingerprint density at radius 1 is 0.866 bits per heavy atom. The monoisotopic (exact) mass is 945 g/mol. The van der Waals surface area contributed by atoms with Crippen LogP contribution in [-0.2, 0) is 44.8 Å². The van der Waals surface area contributed by atoms with Gasteiger partial charge in [-0.1, -0.05) is 123 Å². The molecule has 1 saturated heterocycles. The summed E-state index contributed by atoms with van der Waals surface area (Å²) in [5.74, 6) is -4.40. The zero-order valence-electron chi connectivity index (χ0n) is 40.1. The Labute approximate surface area is 397 Å². The van der Waals surface area contributed by atoms with Gasteiger partial charge in [-0.25, -0.2) is 9.78 Å². The summed E-state index contributed by atoms with van der Waals surface area (Å²) >= 11 is 1.26. The number of carbonyl (C=O) groups excluding carboxylic acids is 7. The Morgan fingerprint density at radius 2 is 1.52 bits per heavy atom. The van der Waals surface area contributed by atoms with Gasteiger partial charge in [-0.2, -0.15) is 0 Å². The highest BCUT2D eigenvalue weighted by molar-refractivity contribution is 7.09. The fourth-order valence-corrected chi connectivity index (χ4v) is 7.91. The van der Waals surface area contributed by atoms with E-state index < -0.39 is 107 Å². The van der Waals surface area contributed by atoms with Gasteiger partial charge in [-0.15, -0.1) is 11.3 Å². The molecule has 0 radical (unpaired) electrons. The zero-order chi connectivity index (χ0) is 49.5. The molecule has 364 valence electrons. The smallest absolute Gasteiger partial charge is 0.407 e. The number of carbonyl (C=O) groups is 7. The van der Waals surface area contributed by atoms with Gasteiger partial charge in [-0.05, 0) is 34.3 Å². The van der Waals surface area contributed by atoms with Crippen LogP contribution in [0.2, 0.25) is 0 Å². The number of esters is 1. The number of amides is 6. The summed E-state index contributed by atoms with van der Waals surface area (Å²) in [6.45, 7) is 15.9. The number of aliphatic imine (C=N–C) groups is 1. The summed E-state index contributed by atoms with van der Waals surface area (Å²) in [4.78, 5) is 105. The molecule has 1 fully saturated rings.